The summed E-state index contributed by atoms with van der Waals surface area (Å²) >= 11 is 0. The van der Waals surface area contributed by atoms with Crippen LogP contribution in [0, 0.1) is 0 Å². The summed E-state index contributed by atoms with van der Waals surface area (Å²) < 4.78 is 0. The number of carboxylic acid groups (broad SMARTS) is 1. The van der Waals surface area contributed by atoms with E-state index in [0.717, 1.165) is 5.56 Å². The maximum atomic E-state index is 11.3. The number of benzene rings is 1. The number of nitrogens with zero attached hydrogens (tertiary/aromatic N) is 2. The van der Waals surface area contributed by atoms with Crippen LogP contribution in [0.2, 0.25) is 0 Å². The van der Waals surface area contributed by atoms with Crippen LogP contribution in [0.5, 0.6) is 5.75 Å². The lowest BCUT2D eigenvalue weighted by molar-refractivity contribution is -0.138. The molecule has 0 amide bonds. The van der Waals surface area contributed by atoms with E-state index >= 15 is 0 Å². The van der Waals surface area contributed by atoms with Crippen LogP contribution >= 0.6 is 0 Å². The minimum absolute atomic E-state index is 0.145. The topological polar surface area (TPSA) is 98.6 Å². The van der Waals surface area contributed by atoms with Gasteiger partial charge in [0, 0.05) is 30.1 Å². The molecule has 2 rings (SSSR count). The number of aromatic nitrogens is 2. The molecule has 1 atom stereocenters. The summed E-state index contributed by atoms with van der Waals surface area (Å²) in [4.78, 5) is 22.1. The van der Waals surface area contributed by atoms with Crippen molar-refractivity contribution in [3.05, 3.63) is 47.5 Å². The highest BCUT2D eigenvalue weighted by Crippen LogP contribution is 2.27. The van der Waals surface area contributed by atoms with Crippen LogP contribution < -0.4 is 0 Å². The summed E-state index contributed by atoms with van der Waals surface area (Å²) in [6, 6.07) is 4.44. The minimum atomic E-state index is -1.02. The van der Waals surface area contributed by atoms with E-state index in [0.29, 0.717) is 11.3 Å². The van der Waals surface area contributed by atoms with Crippen molar-refractivity contribution in [2.45, 2.75) is 32.2 Å². The van der Waals surface area contributed by atoms with E-state index in [1.54, 1.807) is 12.3 Å². The molecule has 0 aliphatic rings. The maximum Gasteiger partial charge on any atom is 0.328 e. The lowest BCUT2D eigenvalue weighted by atomic mass is 9.99. The second-order valence-electron chi connectivity index (χ2n) is 5.35. The van der Waals surface area contributed by atoms with Crippen molar-refractivity contribution in [1.82, 2.24) is 9.97 Å². The second kappa shape index (κ2) is 6.89. The first-order valence-corrected chi connectivity index (χ1v) is 7.04. The van der Waals surface area contributed by atoms with Crippen LogP contribution in [-0.4, -0.2) is 38.4 Å². The molecule has 0 saturated carbocycles. The number of imidazole rings is 1. The van der Waals surface area contributed by atoms with Crippen LogP contribution in [0.1, 0.15) is 36.6 Å². The number of hydrogen-bond donors (Lipinski definition) is 3. The Morgan fingerprint density at radius 3 is 2.82 bits per heavy atom. The maximum absolute atomic E-state index is 11.3. The van der Waals surface area contributed by atoms with Gasteiger partial charge in [-0.3, -0.25) is 4.99 Å². The molecule has 0 unspecified atom stereocenters. The van der Waals surface area contributed by atoms with Crippen LogP contribution in [0.25, 0.3) is 0 Å². The molecule has 6 nitrogen and oxygen atoms in total. The number of aromatic hydroxyl groups is 1. The molecule has 3 N–H and O–H groups in total. The molecule has 116 valence electrons. The number of carboxylic acids is 1. The molecular formula is C16H19N3O3. The normalized spacial score (nSPS) is 12.9. The molecule has 22 heavy (non-hydrogen) atoms. The number of para-hydroxylation sites is 1. The zero-order valence-corrected chi connectivity index (χ0v) is 12.5. The smallest absolute Gasteiger partial charge is 0.328 e. The number of carbonyl (C=O) groups is 1. The summed E-state index contributed by atoms with van der Waals surface area (Å²) in [6.45, 7) is 3.96. The van der Waals surface area contributed by atoms with E-state index in [1.165, 1.54) is 12.5 Å². The summed E-state index contributed by atoms with van der Waals surface area (Å²) in [5.41, 5.74) is 2.02. The Labute approximate surface area is 128 Å². The first-order valence-electron chi connectivity index (χ1n) is 7.04. The average Bonchev–Trinajstić information content (AvgIpc) is 2.97. The quantitative estimate of drug-likeness (QED) is 0.713. The molecular weight excluding hydrogens is 282 g/mol. The average molecular weight is 301 g/mol. The third-order valence-electron chi connectivity index (χ3n) is 3.37. The van der Waals surface area contributed by atoms with Gasteiger partial charge in [0.25, 0.3) is 0 Å². The van der Waals surface area contributed by atoms with Crippen molar-refractivity contribution >= 4 is 12.2 Å². The van der Waals surface area contributed by atoms with Gasteiger partial charge in [-0.1, -0.05) is 26.0 Å². The Kier molecular flexibility index (Phi) is 4.93. The van der Waals surface area contributed by atoms with Crippen LogP contribution in [-0.2, 0) is 11.2 Å². The van der Waals surface area contributed by atoms with Gasteiger partial charge in [0.15, 0.2) is 6.04 Å². The molecule has 0 bridgehead atoms. The van der Waals surface area contributed by atoms with Gasteiger partial charge in [-0.2, -0.15) is 0 Å². The van der Waals surface area contributed by atoms with Gasteiger partial charge in [0.2, 0.25) is 0 Å². The van der Waals surface area contributed by atoms with E-state index in [2.05, 4.69) is 15.0 Å². The standard InChI is InChI=1S/C16H19N3O3/c1-10(2)13-5-3-4-11(15(13)20)7-18-14(16(21)22)6-12-8-17-9-19-12/h3-5,7-10,14,20H,6H2,1-2H3,(H,17,19)(H,21,22)/t14-/m0/s1. The lowest BCUT2D eigenvalue weighted by Gasteiger charge is -2.10. The van der Waals surface area contributed by atoms with Crippen LogP contribution in [0.3, 0.4) is 0 Å². The summed E-state index contributed by atoms with van der Waals surface area (Å²) in [5, 5.41) is 19.5. The van der Waals surface area contributed by atoms with Crippen molar-refractivity contribution in [2.24, 2.45) is 4.99 Å². The van der Waals surface area contributed by atoms with E-state index in [4.69, 9.17) is 0 Å². The molecule has 0 radical (unpaired) electrons. The van der Waals surface area contributed by atoms with Crippen molar-refractivity contribution < 1.29 is 15.0 Å². The van der Waals surface area contributed by atoms with E-state index in [-0.39, 0.29) is 18.1 Å². The molecule has 6 heteroatoms. The van der Waals surface area contributed by atoms with Crippen molar-refractivity contribution in [3.63, 3.8) is 0 Å². The Balaban J connectivity index is 2.21. The fraction of sp³-hybridized carbons (Fsp3) is 0.312. The number of H-pyrrole nitrogens is 1. The summed E-state index contributed by atoms with van der Waals surface area (Å²) in [6.07, 6.45) is 4.70. The van der Waals surface area contributed by atoms with Gasteiger partial charge in [-0.15, -0.1) is 0 Å². The van der Waals surface area contributed by atoms with Gasteiger partial charge < -0.3 is 15.2 Å². The van der Waals surface area contributed by atoms with Crippen molar-refractivity contribution in [2.75, 3.05) is 0 Å². The Morgan fingerprint density at radius 2 is 2.23 bits per heavy atom. The molecule has 2 aromatic rings. The number of hydrogen-bond acceptors (Lipinski definition) is 4. The summed E-state index contributed by atoms with van der Waals surface area (Å²) in [7, 11) is 0. The van der Waals surface area contributed by atoms with Gasteiger partial charge in [0.1, 0.15) is 5.75 Å². The van der Waals surface area contributed by atoms with E-state index in [9.17, 15) is 15.0 Å². The zero-order valence-electron chi connectivity index (χ0n) is 12.5. The van der Waals surface area contributed by atoms with Crippen molar-refractivity contribution in [3.8, 4) is 5.75 Å². The lowest BCUT2D eigenvalue weighted by Crippen LogP contribution is -2.21. The minimum Gasteiger partial charge on any atom is -0.507 e. The highest BCUT2D eigenvalue weighted by Gasteiger charge is 2.17. The Morgan fingerprint density at radius 1 is 1.45 bits per heavy atom. The monoisotopic (exact) mass is 301 g/mol. The van der Waals surface area contributed by atoms with Gasteiger partial charge in [-0.05, 0) is 17.5 Å². The first-order chi connectivity index (χ1) is 10.5. The number of aromatic amines is 1. The molecule has 1 aromatic carbocycles. The fourth-order valence-corrected chi connectivity index (χ4v) is 2.13. The van der Waals surface area contributed by atoms with Gasteiger partial charge in [-0.25, -0.2) is 9.78 Å². The Hall–Kier alpha value is -2.63. The number of phenolic OH excluding ortho intramolecular Hbond substituents is 1. The largest absolute Gasteiger partial charge is 0.507 e. The van der Waals surface area contributed by atoms with E-state index < -0.39 is 12.0 Å². The molecule has 0 aliphatic carbocycles. The molecule has 1 aromatic heterocycles. The SMILES string of the molecule is CC(C)c1cccc(C=N[C@@H](Cc2cnc[nH]2)C(=O)O)c1O. The fourth-order valence-electron chi connectivity index (χ4n) is 2.13. The highest BCUT2D eigenvalue weighted by molar-refractivity contribution is 5.86. The third kappa shape index (κ3) is 3.72. The van der Waals surface area contributed by atoms with Gasteiger partial charge >= 0.3 is 5.97 Å². The predicted molar refractivity (Wildman–Crippen MR) is 83.5 cm³/mol. The number of rotatable bonds is 6. The number of aliphatic imine (C=N–C) groups is 1. The predicted octanol–water partition coefficient (Wildman–Crippen LogP) is 2.35. The first kappa shape index (κ1) is 15.8. The Bertz CT molecular complexity index is 663. The third-order valence-corrected chi connectivity index (χ3v) is 3.37. The number of nitrogens with one attached hydrogen (secondary N) is 1. The van der Waals surface area contributed by atoms with Crippen LogP contribution in [0.4, 0.5) is 0 Å². The van der Waals surface area contributed by atoms with E-state index in [1.807, 2.05) is 26.0 Å². The molecule has 0 spiro atoms. The molecule has 0 saturated heterocycles. The second-order valence-corrected chi connectivity index (χ2v) is 5.35. The molecule has 0 aliphatic heterocycles. The van der Waals surface area contributed by atoms with Crippen molar-refractivity contribution in [1.29, 1.82) is 0 Å². The van der Waals surface area contributed by atoms with Gasteiger partial charge in [0.05, 0.1) is 6.33 Å². The molecule has 1 heterocycles. The number of phenols is 1. The summed E-state index contributed by atoms with van der Waals surface area (Å²) in [5.74, 6) is -0.703. The van der Waals surface area contributed by atoms with Crippen LogP contribution in [0.15, 0.2) is 35.7 Å². The molecule has 0 fully saturated rings. The number of aliphatic carboxylic acids is 1. The zero-order chi connectivity index (χ0) is 16.1. The highest BCUT2D eigenvalue weighted by atomic mass is 16.4.